The summed E-state index contributed by atoms with van der Waals surface area (Å²) in [6, 6.07) is 4.21. The molecule has 0 fully saturated rings. The smallest absolute Gasteiger partial charge is 0.155 e. The number of aryl methyl sites for hydroxylation is 2. The van der Waals surface area contributed by atoms with Gasteiger partial charge in [0.2, 0.25) is 0 Å². The first kappa shape index (κ1) is 21.7. The van der Waals surface area contributed by atoms with Gasteiger partial charge in [-0.25, -0.2) is 9.97 Å². The number of aromatic nitrogens is 3. The first-order valence-corrected chi connectivity index (χ1v) is 10.2. The Hall–Kier alpha value is -2.56. The molecular formula is C23H32N4O. The van der Waals surface area contributed by atoms with E-state index in [9.17, 15) is 4.79 Å². The van der Waals surface area contributed by atoms with Gasteiger partial charge in [0.1, 0.15) is 12.0 Å². The number of rotatable bonds is 5. The third kappa shape index (κ3) is 4.29. The second-order valence-electron chi connectivity index (χ2n) is 7.03. The van der Waals surface area contributed by atoms with Crippen LogP contribution in [0.5, 0.6) is 0 Å². The monoisotopic (exact) mass is 380 g/mol. The molecule has 0 atom stereocenters. The van der Waals surface area contributed by atoms with Gasteiger partial charge in [-0.3, -0.25) is 4.98 Å². The van der Waals surface area contributed by atoms with Crippen molar-refractivity contribution in [3.05, 3.63) is 41.0 Å². The summed E-state index contributed by atoms with van der Waals surface area (Å²) in [5, 5.41) is 0. The van der Waals surface area contributed by atoms with Crippen molar-refractivity contribution in [3.63, 3.8) is 0 Å². The lowest BCUT2D eigenvalue weighted by Crippen LogP contribution is -2.30. The molecule has 0 unspecified atom stereocenters. The Morgan fingerprint density at radius 3 is 2.43 bits per heavy atom. The van der Waals surface area contributed by atoms with E-state index in [4.69, 9.17) is 15.0 Å². The van der Waals surface area contributed by atoms with Crippen LogP contribution < -0.4 is 4.90 Å². The van der Waals surface area contributed by atoms with E-state index in [1.54, 1.807) is 0 Å². The molecule has 5 heteroatoms. The molecule has 0 N–H and O–H groups in total. The number of carbonyl (C=O) groups excluding carboxylic acids is 1. The largest absolute Gasteiger partial charge is 0.344 e. The van der Waals surface area contributed by atoms with Crippen molar-refractivity contribution in [1.29, 1.82) is 0 Å². The van der Waals surface area contributed by atoms with E-state index < -0.39 is 0 Å². The lowest BCUT2D eigenvalue weighted by molar-refractivity contribution is -0.106. The number of nitrogens with zero attached hydrogens (tertiary/aromatic N) is 4. The number of hydrogen-bond donors (Lipinski definition) is 0. The highest BCUT2D eigenvalue weighted by molar-refractivity contribution is 5.79. The van der Waals surface area contributed by atoms with Gasteiger partial charge in [-0.1, -0.05) is 40.7 Å². The van der Waals surface area contributed by atoms with Crippen LogP contribution in [0.25, 0.3) is 16.8 Å². The topological polar surface area (TPSA) is 59.0 Å². The van der Waals surface area contributed by atoms with Crippen LogP contribution in [0, 0.1) is 6.92 Å². The Kier molecular flexibility index (Phi) is 7.44. The summed E-state index contributed by atoms with van der Waals surface area (Å²) in [6.45, 7) is 15.5. The number of carbonyl (C=O) groups is 1. The molecule has 2 aromatic heterocycles. The maximum absolute atomic E-state index is 11.0. The van der Waals surface area contributed by atoms with Gasteiger partial charge >= 0.3 is 0 Å². The number of anilines is 1. The van der Waals surface area contributed by atoms with Gasteiger partial charge in [-0.05, 0) is 43.9 Å². The summed E-state index contributed by atoms with van der Waals surface area (Å²) in [6.07, 6.45) is 3.85. The predicted octanol–water partition coefficient (Wildman–Crippen LogP) is 4.98. The zero-order chi connectivity index (χ0) is 20.8. The van der Waals surface area contributed by atoms with Crippen molar-refractivity contribution in [2.75, 3.05) is 18.0 Å². The van der Waals surface area contributed by atoms with Gasteiger partial charge in [0.15, 0.2) is 5.82 Å². The minimum absolute atomic E-state index is 0.328. The molecule has 0 bridgehead atoms. The normalized spacial score (nSPS) is 12.9. The third-order valence-electron chi connectivity index (χ3n) is 4.81. The summed E-state index contributed by atoms with van der Waals surface area (Å²) in [7, 11) is 0. The molecule has 28 heavy (non-hydrogen) atoms. The molecular weight excluding hydrogens is 348 g/mol. The first-order chi connectivity index (χ1) is 13.5. The summed E-state index contributed by atoms with van der Waals surface area (Å²) < 4.78 is 0. The highest BCUT2D eigenvalue weighted by Gasteiger charge is 2.23. The summed E-state index contributed by atoms with van der Waals surface area (Å²) in [5.74, 6) is 1.19. The zero-order valence-corrected chi connectivity index (χ0v) is 18.2. The van der Waals surface area contributed by atoms with Crippen molar-refractivity contribution < 1.29 is 4.79 Å². The van der Waals surface area contributed by atoms with E-state index in [1.807, 2.05) is 32.6 Å². The zero-order valence-electron chi connectivity index (χ0n) is 18.2. The van der Waals surface area contributed by atoms with Crippen LogP contribution in [0.15, 0.2) is 18.2 Å². The first-order valence-electron chi connectivity index (χ1n) is 10.2. The number of pyridine rings is 1. The Bertz CT molecular complexity index is 871. The van der Waals surface area contributed by atoms with Crippen LogP contribution in [0.3, 0.4) is 0 Å². The molecule has 0 aliphatic carbocycles. The Balaban J connectivity index is 0.00000136. The molecule has 3 heterocycles. The fraction of sp³-hybridized carbons (Fsp3) is 0.478. The van der Waals surface area contributed by atoms with Gasteiger partial charge in [-0.2, -0.15) is 0 Å². The van der Waals surface area contributed by atoms with E-state index in [0.29, 0.717) is 19.0 Å². The van der Waals surface area contributed by atoms with Crippen LogP contribution in [0.2, 0.25) is 0 Å². The summed E-state index contributed by atoms with van der Waals surface area (Å²) >= 11 is 0. The number of hydrogen-bond acceptors (Lipinski definition) is 5. The highest BCUT2D eigenvalue weighted by Crippen LogP contribution is 2.33. The van der Waals surface area contributed by atoms with Gasteiger partial charge in [-0.15, -0.1) is 0 Å². The number of fused-ring (bicyclic) bond motifs is 1. The van der Waals surface area contributed by atoms with Crippen LogP contribution in [-0.2, 0) is 11.2 Å². The third-order valence-corrected chi connectivity index (χ3v) is 4.81. The SMILES string of the molecule is CC.CCc1nc(C(C)C)ccc1-c1nc2c(nc1C)N(CC=O)CC=C2C. The Labute approximate surface area is 168 Å². The Morgan fingerprint density at radius 2 is 1.82 bits per heavy atom. The minimum Gasteiger partial charge on any atom is -0.344 e. The molecule has 0 amide bonds. The van der Waals surface area contributed by atoms with Crippen LogP contribution in [-0.4, -0.2) is 34.3 Å². The molecule has 2 aromatic rings. The van der Waals surface area contributed by atoms with Crippen LogP contribution >= 0.6 is 0 Å². The maximum Gasteiger partial charge on any atom is 0.155 e. The van der Waals surface area contributed by atoms with Crippen LogP contribution in [0.4, 0.5) is 5.82 Å². The molecule has 3 rings (SSSR count). The van der Waals surface area contributed by atoms with E-state index in [2.05, 4.69) is 39.0 Å². The van der Waals surface area contributed by atoms with Crippen molar-refractivity contribution >= 4 is 17.7 Å². The molecule has 150 valence electrons. The molecule has 0 saturated carbocycles. The predicted molar refractivity (Wildman–Crippen MR) is 117 cm³/mol. The molecule has 5 nitrogen and oxygen atoms in total. The van der Waals surface area contributed by atoms with Gasteiger partial charge in [0.25, 0.3) is 0 Å². The van der Waals surface area contributed by atoms with Crippen molar-refractivity contribution in [1.82, 2.24) is 15.0 Å². The summed E-state index contributed by atoms with van der Waals surface area (Å²) in [5.41, 5.74) is 6.89. The van der Waals surface area contributed by atoms with E-state index in [-0.39, 0.29) is 0 Å². The quantitative estimate of drug-likeness (QED) is 0.685. The highest BCUT2D eigenvalue weighted by atomic mass is 16.1. The van der Waals surface area contributed by atoms with Gasteiger partial charge in [0.05, 0.1) is 17.9 Å². The lowest BCUT2D eigenvalue weighted by atomic mass is 10.0. The van der Waals surface area contributed by atoms with E-state index in [0.717, 1.165) is 58.1 Å². The minimum atomic E-state index is 0.328. The van der Waals surface area contributed by atoms with E-state index in [1.165, 1.54) is 0 Å². The molecule has 0 radical (unpaired) electrons. The molecule has 0 spiro atoms. The number of aldehydes is 1. The van der Waals surface area contributed by atoms with Gasteiger partial charge < -0.3 is 9.69 Å². The fourth-order valence-electron chi connectivity index (χ4n) is 3.25. The molecule has 1 aliphatic heterocycles. The summed E-state index contributed by atoms with van der Waals surface area (Å²) in [4.78, 5) is 27.6. The van der Waals surface area contributed by atoms with Crippen molar-refractivity contribution in [2.24, 2.45) is 0 Å². The Morgan fingerprint density at radius 1 is 1.11 bits per heavy atom. The second-order valence-corrected chi connectivity index (χ2v) is 7.03. The second kappa shape index (κ2) is 9.58. The fourth-order valence-corrected chi connectivity index (χ4v) is 3.25. The lowest BCUT2D eigenvalue weighted by Gasteiger charge is -2.27. The van der Waals surface area contributed by atoms with E-state index >= 15 is 0 Å². The van der Waals surface area contributed by atoms with Crippen LogP contribution in [0.1, 0.15) is 70.2 Å². The average Bonchev–Trinajstić information content (AvgIpc) is 2.71. The van der Waals surface area contributed by atoms with Crippen molar-refractivity contribution in [3.8, 4) is 11.3 Å². The van der Waals surface area contributed by atoms with Crippen molar-refractivity contribution in [2.45, 2.75) is 60.8 Å². The van der Waals surface area contributed by atoms with Gasteiger partial charge in [0, 0.05) is 23.5 Å². The standard InChI is InChI=1S/C21H26N4O.C2H6/c1-6-17-16(7-8-18(23-17)13(2)3)20-15(5)22-21-19(24-20)14(4)9-10-25(21)11-12-26;1-2/h7-9,12-13H,6,10-11H2,1-5H3;1-2H3. The molecule has 0 saturated heterocycles. The molecule has 0 aromatic carbocycles. The maximum atomic E-state index is 11.0. The average molecular weight is 381 g/mol. The number of allylic oxidation sites excluding steroid dienone is 1. The molecule has 1 aliphatic rings.